The van der Waals surface area contributed by atoms with Gasteiger partial charge in [0.2, 0.25) is 0 Å². The molecule has 1 N–H and O–H groups in total. The lowest BCUT2D eigenvalue weighted by atomic mass is 10.0. The molecule has 0 aliphatic carbocycles. The van der Waals surface area contributed by atoms with Gasteiger partial charge in [0.1, 0.15) is 5.75 Å². The van der Waals surface area contributed by atoms with Crippen LogP contribution in [0, 0.1) is 6.92 Å². The van der Waals surface area contributed by atoms with Crippen molar-refractivity contribution in [2.45, 2.75) is 52.1 Å². The number of benzene rings is 1. The molecule has 0 saturated carbocycles. The van der Waals surface area contributed by atoms with E-state index in [1.165, 1.54) is 17.5 Å². The van der Waals surface area contributed by atoms with E-state index < -0.39 is 0 Å². The monoisotopic (exact) mass is 247 g/mol. The second-order valence-corrected chi connectivity index (χ2v) is 5.65. The summed E-state index contributed by atoms with van der Waals surface area (Å²) in [6.45, 7) is 8.81. The molecule has 1 unspecified atom stereocenters. The largest absolute Gasteiger partial charge is 0.490 e. The Morgan fingerprint density at radius 3 is 2.78 bits per heavy atom. The highest BCUT2D eigenvalue weighted by molar-refractivity contribution is 5.35. The molecule has 0 radical (unpaired) electrons. The Morgan fingerprint density at radius 1 is 1.17 bits per heavy atom. The normalized spacial score (nSPS) is 20.8. The van der Waals surface area contributed by atoms with Crippen molar-refractivity contribution < 1.29 is 4.74 Å². The predicted molar refractivity (Wildman–Crippen MR) is 76.4 cm³/mol. The smallest absolute Gasteiger partial charge is 0.120 e. The Morgan fingerprint density at radius 2 is 2.00 bits per heavy atom. The zero-order chi connectivity index (χ0) is 13.0. The van der Waals surface area contributed by atoms with E-state index in [9.17, 15) is 0 Å². The van der Waals surface area contributed by atoms with Crippen molar-refractivity contribution in [1.82, 2.24) is 5.32 Å². The minimum Gasteiger partial charge on any atom is -0.490 e. The average molecular weight is 247 g/mol. The summed E-state index contributed by atoms with van der Waals surface area (Å²) in [5.74, 6) is 1.61. The SMILES string of the molecule is Cc1cc(OC2CCCNCC2)cc(C(C)C)c1. The molecule has 1 heterocycles. The summed E-state index contributed by atoms with van der Waals surface area (Å²) < 4.78 is 6.17. The van der Waals surface area contributed by atoms with Crippen molar-refractivity contribution in [3.8, 4) is 5.75 Å². The van der Waals surface area contributed by atoms with Crippen LogP contribution in [0.4, 0.5) is 0 Å². The maximum Gasteiger partial charge on any atom is 0.120 e. The topological polar surface area (TPSA) is 21.3 Å². The summed E-state index contributed by atoms with van der Waals surface area (Å²) in [5, 5.41) is 3.42. The number of ether oxygens (including phenoxy) is 1. The van der Waals surface area contributed by atoms with Gasteiger partial charge in [-0.15, -0.1) is 0 Å². The number of rotatable bonds is 3. The summed E-state index contributed by atoms with van der Waals surface area (Å²) in [6, 6.07) is 6.62. The summed E-state index contributed by atoms with van der Waals surface area (Å²) in [4.78, 5) is 0. The molecule has 18 heavy (non-hydrogen) atoms. The molecule has 2 nitrogen and oxygen atoms in total. The minimum atomic E-state index is 0.377. The highest BCUT2D eigenvalue weighted by Gasteiger charge is 2.14. The van der Waals surface area contributed by atoms with Gasteiger partial charge in [0.25, 0.3) is 0 Å². The van der Waals surface area contributed by atoms with Gasteiger partial charge in [0.05, 0.1) is 6.10 Å². The molecule has 1 atom stereocenters. The van der Waals surface area contributed by atoms with Crippen LogP contribution in [0.5, 0.6) is 5.75 Å². The molecule has 2 rings (SSSR count). The Bertz CT molecular complexity index is 379. The van der Waals surface area contributed by atoms with Crippen molar-refractivity contribution >= 4 is 0 Å². The van der Waals surface area contributed by atoms with Gasteiger partial charge in [-0.3, -0.25) is 0 Å². The fourth-order valence-electron chi connectivity index (χ4n) is 2.48. The van der Waals surface area contributed by atoms with Crippen molar-refractivity contribution in [1.29, 1.82) is 0 Å². The lowest BCUT2D eigenvalue weighted by molar-refractivity contribution is 0.187. The first-order valence-electron chi connectivity index (χ1n) is 7.14. The Balaban J connectivity index is 2.07. The highest BCUT2D eigenvalue weighted by atomic mass is 16.5. The lowest BCUT2D eigenvalue weighted by Crippen LogP contribution is -2.19. The van der Waals surface area contributed by atoms with Crippen molar-refractivity contribution in [2.75, 3.05) is 13.1 Å². The molecule has 1 aliphatic rings. The first-order valence-corrected chi connectivity index (χ1v) is 7.14. The molecule has 0 spiro atoms. The lowest BCUT2D eigenvalue weighted by Gasteiger charge is -2.18. The van der Waals surface area contributed by atoms with Crippen LogP contribution in [0.15, 0.2) is 18.2 Å². The van der Waals surface area contributed by atoms with Crippen LogP contribution in [0.2, 0.25) is 0 Å². The second kappa shape index (κ2) is 6.24. The van der Waals surface area contributed by atoms with Crippen molar-refractivity contribution in [2.24, 2.45) is 0 Å². The molecule has 0 bridgehead atoms. The molecule has 1 fully saturated rings. The second-order valence-electron chi connectivity index (χ2n) is 5.65. The van der Waals surface area contributed by atoms with Crippen molar-refractivity contribution in [3.05, 3.63) is 29.3 Å². The van der Waals surface area contributed by atoms with Gasteiger partial charge in [-0.25, -0.2) is 0 Å². The third kappa shape index (κ3) is 3.74. The van der Waals surface area contributed by atoms with Gasteiger partial charge >= 0.3 is 0 Å². The highest BCUT2D eigenvalue weighted by Crippen LogP contribution is 2.25. The minimum absolute atomic E-state index is 0.377. The van der Waals surface area contributed by atoms with E-state index in [0.717, 1.165) is 31.7 Å². The van der Waals surface area contributed by atoms with E-state index >= 15 is 0 Å². The fourth-order valence-corrected chi connectivity index (χ4v) is 2.48. The number of hydrogen-bond acceptors (Lipinski definition) is 2. The summed E-state index contributed by atoms with van der Waals surface area (Å²) >= 11 is 0. The zero-order valence-corrected chi connectivity index (χ0v) is 11.8. The van der Waals surface area contributed by atoms with Crippen LogP contribution in [0.25, 0.3) is 0 Å². The zero-order valence-electron chi connectivity index (χ0n) is 11.8. The van der Waals surface area contributed by atoms with E-state index in [1.54, 1.807) is 0 Å². The van der Waals surface area contributed by atoms with Crippen LogP contribution in [-0.2, 0) is 0 Å². The van der Waals surface area contributed by atoms with Crippen LogP contribution in [-0.4, -0.2) is 19.2 Å². The van der Waals surface area contributed by atoms with Gasteiger partial charge in [-0.2, -0.15) is 0 Å². The van der Waals surface area contributed by atoms with E-state index in [1.807, 2.05) is 0 Å². The number of hydrogen-bond donors (Lipinski definition) is 1. The molecule has 1 saturated heterocycles. The summed E-state index contributed by atoms with van der Waals surface area (Å²) in [6.07, 6.45) is 3.87. The van der Waals surface area contributed by atoms with Crippen LogP contribution in [0.3, 0.4) is 0 Å². The van der Waals surface area contributed by atoms with Crippen LogP contribution in [0.1, 0.15) is 50.2 Å². The third-order valence-electron chi connectivity index (χ3n) is 3.57. The summed E-state index contributed by atoms with van der Waals surface area (Å²) in [7, 11) is 0. The van der Waals surface area contributed by atoms with Gasteiger partial charge < -0.3 is 10.1 Å². The van der Waals surface area contributed by atoms with Gasteiger partial charge in [0, 0.05) is 0 Å². The summed E-state index contributed by atoms with van der Waals surface area (Å²) in [5.41, 5.74) is 2.67. The Labute approximate surface area is 111 Å². The maximum absolute atomic E-state index is 6.17. The molecular formula is C16H25NO. The third-order valence-corrected chi connectivity index (χ3v) is 3.57. The predicted octanol–water partition coefficient (Wildman–Crippen LogP) is 3.64. The first-order chi connectivity index (χ1) is 8.65. The van der Waals surface area contributed by atoms with Gasteiger partial charge in [-0.05, 0) is 68.5 Å². The molecule has 1 aromatic carbocycles. The fraction of sp³-hybridized carbons (Fsp3) is 0.625. The van der Waals surface area contributed by atoms with E-state index in [4.69, 9.17) is 4.74 Å². The quantitative estimate of drug-likeness (QED) is 0.880. The van der Waals surface area contributed by atoms with Gasteiger partial charge in [0.15, 0.2) is 0 Å². The molecular weight excluding hydrogens is 222 g/mol. The van der Waals surface area contributed by atoms with Crippen LogP contribution < -0.4 is 10.1 Å². The van der Waals surface area contributed by atoms with E-state index in [2.05, 4.69) is 44.3 Å². The molecule has 0 aromatic heterocycles. The molecule has 1 aromatic rings. The standard InChI is InChI=1S/C16H25NO/c1-12(2)14-9-13(3)10-16(11-14)18-15-5-4-7-17-8-6-15/h9-12,15,17H,4-8H2,1-3H3. The number of aryl methyl sites for hydroxylation is 1. The molecule has 0 amide bonds. The Hall–Kier alpha value is -1.02. The van der Waals surface area contributed by atoms with Crippen LogP contribution >= 0.6 is 0 Å². The number of nitrogens with one attached hydrogen (secondary N) is 1. The van der Waals surface area contributed by atoms with Gasteiger partial charge in [-0.1, -0.05) is 19.9 Å². The van der Waals surface area contributed by atoms with E-state index in [-0.39, 0.29) is 0 Å². The molecule has 2 heteroatoms. The average Bonchev–Trinajstić information content (AvgIpc) is 2.57. The van der Waals surface area contributed by atoms with Crippen molar-refractivity contribution in [3.63, 3.8) is 0 Å². The molecule has 100 valence electrons. The molecule has 1 aliphatic heterocycles. The maximum atomic E-state index is 6.17. The first kappa shape index (κ1) is 13.4. The Kier molecular flexibility index (Phi) is 4.65. The van der Waals surface area contributed by atoms with E-state index in [0.29, 0.717) is 12.0 Å².